The predicted molar refractivity (Wildman–Crippen MR) is 132 cm³/mol. The van der Waals surface area contributed by atoms with Gasteiger partial charge in [-0.1, -0.05) is 12.1 Å². The number of piperazine rings is 1. The summed E-state index contributed by atoms with van der Waals surface area (Å²) in [5.41, 5.74) is 1.50. The summed E-state index contributed by atoms with van der Waals surface area (Å²) in [7, 11) is 2.13. The molecule has 2 aromatic rings. The first-order valence-corrected chi connectivity index (χ1v) is 12.0. The molecule has 2 aliphatic heterocycles. The number of aliphatic hydroxyl groups is 1. The number of nitrogens with one attached hydrogen (secondary N) is 1. The van der Waals surface area contributed by atoms with Crippen molar-refractivity contribution in [3.05, 3.63) is 47.4 Å². The van der Waals surface area contributed by atoms with Crippen LogP contribution >= 0.6 is 0 Å². The first-order chi connectivity index (χ1) is 16.5. The molecule has 35 heavy (non-hydrogen) atoms. The van der Waals surface area contributed by atoms with Crippen LogP contribution in [0.15, 0.2) is 30.5 Å². The van der Waals surface area contributed by atoms with Crippen molar-refractivity contribution in [2.24, 2.45) is 0 Å². The number of halogens is 1. The number of rotatable bonds is 7. The normalized spacial score (nSPS) is 22.7. The molecule has 4 rings (SSSR count). The molecule has 0 spiro atoms. The zero-order chi connectivity index (χ0) is 25.3. The average Bonchev–Trinajstić information content (AvgIpc) is 3.19. The van der Waals surface area contributed by atoms with E-state index in [1.54, 1.807) is 19.1 Å². The number of aromatic nitrogens is 2. The van der Waals surface area contributed by atoms with E-state index in [-0.39, 0.29) is 24.0 Å². The van der Waals surface area contributed by atoms with Gasteiger partial charge in [0.15, 0.2) is 0 Å². The van der Waals surface area contributed by atoms with Crippen LogP contribution in [0.5, 0.6) is 0 Å². The molecule has 1 amide bonds. The van der Waals surface area contributed by atoms with Crippen LogP contribution in [0.1, 0.15) is 44.9 Å². The van der Waals surface area contributed by atoms with Gasteiger partial charge >= 0.3 is 6.09 Å². The van der Waals surface area contributed by atoms with E-state index in [0.717, 1.165) is 25.2 Å². The van der Waals surface area contributed by atoms with Crippen LogP contribution in [0.2, 0.25) is 0 Å². The number of aliphatic hydroxyl groups excluding tert-OH is 1. The summed E-state index contributed by atoms with van der Waals surface area (Å²) < 4.78 is 20.1. The number of ether oxygens (including phenoxy) is 1. The maximum atomic E-state index is 15.0. The van der Waals surface area contributed by atoms with Gasteiger partial charge in [0.1, 0.15) is 24.3 Å². The van der Waals surface area contributed by atoms with E-state index < -0.39 is 18.2 Å². The average molecular weight is 487 g/mol. The minimum absolute atomic E-state index is 0.0582. The number of likely N-dealkylation sites (N-methyl/N-ethyl adjacent to an activating group) is 1. The number of carbonyl (C=O) groups excluding carboxylic acids is 1. The molecule has 2 N–H and O–H groups in total. The fourth-order valence-electron chi connectivity index (χ4n) is 4.56. The lowest BCUT2D eigenvalue weighted by molar-refractivity contribution is 0.0355. The molecule has 2 aliphatic rings. The molecule has 9 nitrogen and oxygen atoms in total. The highest BCUT2D eigenvalue weighted by Gasteiger charge is 2.38. The highest BCUT2D eigenvalue weighted by Crippen LogP contribution is 2.26. The maximum Gasteiger partial charge on any atom is 0.416 e. The number of carbonyl (C=O) groups is 1. The SMILES string of the molecule is C[C@H](Nc1nccc(N2C(=O)OCC2[C@@H](C)O)n1)c1ccc(CN2CCN(C)C(C)(C)C2)c(F)c1. The van der Waals surface area contributed by atoms with Crippen molar-refractivity contribution in [3.8, 4) is 0 Å². The second-order valence-corrected chi connectivity index (χ2v) is 10.2. The van der Waals surface area contributed by atoms with Gasteiger partial charge in [-0.05, 0) is 52.4 Å². The third kappa shape index (κ3) is 5.55. The van der Waals surface area contributed by atoms with Crippen molar-refractivity contribution < 1.29 is 19.0 Å². The van der Waals surface area contributed by atoms with Crippen LogP contribution in [0.3, 0.4) is 0 Å². The third-order valence-corrected chi connectivity index (χ3v) is 7.06. The number of cyclic esters (lactones) is 1. The van der Waals surface area contributed by atoms with Crippen molar-refractivity contribution in [2.45, 2.75) is 58.0 Å². The molecule has 1 unspecified atom stereocenters. The van der Waals surface area contributed by atoms with Gasteiger partial charge in [0.25, 0.3) is 0 Å². The molecule has 1 aromatic heterocycles. The first kappa shape index (κ1) is 25.3. The summed E-state index contributed by atoms with van der Waals surface area (Å²) in [4.78, 5) is 26.8. The summed E-state index contributed by atoms with van der Waals surface area (Å²) in [6.07, 6.45) is 0.198. The second-order valence-electron chi connectivity index (χ2n) is 10.2. The lowest BCUT2D eigenvalue weighted by Crippen LogP contribution is -2.57. The number of benzene rings is 1. The van der Waals surface area contributed by atoms with E-state index in [9.17, 15) is 9.90 Å². The summed E-state index contributed by atoms with van der Waals surface area (Å²) >= 11 is 0. The fourth-order valence-corrected chi connectivity index (χ4v) is 4.56. The van der Waals surface area contributed by atoms with Crippen molar-refractivity contribution >= 4 is 17.9 Å². The van der Waals surface area contributed by atoms with Gasteiger partial charge < -0.3 is 15.2 Å². The van der Waals surface area contributed by atoms with Crippen molar-refractivity contribution in [1.29, 1.82) is 0 Å². The maximum absolute atomic E-state index is 15.0. The molecule has 0 saturated carbocycles. The van der Waals surface area contributed by atoms with Gasteiger partial charge in [0.05, 0.1) is 12.1 Å². The van der Waals surface area contributed by atoms with E-state index in [4.69, 9.17) is 4.74 Å². The Bertz CT molecular complexity index is 1070. The monoisotopic (exact) mass is 486 g/mol. The second kappa shape index (κ2) is 10.0. The summed E-state index contributed by atoms with van der Waals surface area (Å²) in [6, 6.07) is 6.12. The zero-order valence-corrected chi connectivity index (χ0v) is 21.0. The van der Waals surface area contributed by atoms with Crippen molar-refractivity contribution in [1.82, 2.24) is 19.8 Å². The van der Waals surface area contributed by atoms with E-state index in [2.05, 4.69) is 46.0 Å². The molecule has 3 atom stereocenters. The summed E-state index contributed by atoms with van der Waals surface area (Å²) in [6.45, 7) is 11.3. The Morgan fingerprint density at radius 2 is 2.06 bits per heavy atom. The third-order valence-electron chi connectivity index (χ3n) is 7.06. The number of nitrogens with zero attached hydrogens (tertiary/aromatic N) is 5. The number of amides is 1. The molecule has 3 heterocycles. The molecule has 0 bridgehead atoms. The Kier molecular flexibility index (Phi) is 7.25. The van der Waals surface area contributed by atoms with E-state index in [1.807, 2.05) is 19.1 Å². The van der Waals surface area contributed by atoms with E-state index >= 15 is 4.39 Å². The number of anilines is 2. The standard InChI is InChI=1S/C25H35FN6O3/c1-16(28-23-27-9-8-22(29-23)32-21(17(2)33)14-35-24(32)34)18-6-7-19(20(26)12-18)13-31-11-10-30(5)25(3,4)15-31/h6-9,12,16-17,21,33H,10-11,13-15H2,1-5H3,(H,27,28,29)/t16-,17+,21?/m0/s1. The fraction of sp³-hybridized carbons (Fsp3) is 0.560. The lowest BCUT2D eigenvalue weighted by atomic mass is 9.99. The summed E-state index contributed by atoms with van der Waals surface area (Å²) in [5, 5.41) is 13.2. The van der Waals surface area contributed by atoms with E-state index in [1.165, 1.54) is 11.1 Å². The minimum atomic E-state index is -0.773. The largest absolute Gasteiger partial charge is 0.447 e. The number of hydrogen-bond donors (Lipinski definition) is 2. The molecule has 2 saturated heterocycles. The molecule has 0 radical (unpaired) electrons. The molecule has 1 aromatic carbocycles. The van der Waals surface area contributed by atoms with Crippen molar-refractivity contribution in [2.75, 3.05) is 43.5 Å². The highest BCUT2D eigenvalue weighted by atomic mass is 19.1. The zero-order valence-electron chi connectivity index (χ0n) is 21.0. The first-order valence-electron chi connectivity index (χ1n) is 12.0. The van der Waals surface area contributed by atoms with Crippen LogP contribution in [0.4, 0.5) is 21.0 Å². The van der Waals surface area contributed by atoms with Gasteiger partial charge in [-0.3, -0.25) is 14.7 Å². The Morgan fingerprint density at radius 3 is 2.74 bits per heavy atom. The molecular weight excluding hydrogens is 451 g/mol. The Balaban J connectivity index is 1.43. The van der Waals surface area contributed by atoms with Gasteiger partial charge in [-0.15, -0.1) is 0 Å². The van der Waals surface area contributed by atoms with Crippen LogP contribution in [-0.4, -0.2) is 81.9 Å². The summed E-state index contributed by atoms with van der Waals surface area (Å²) in [5.74, 6) is 0.394. The minimum Gasteiger partial charge on any atom is -0.447 e. The smallest absolute Gasteiger partial charge is 0.416 e. The van der Waals surface area contributed by atoms with Gasteiger partial charge in [0, 0.05) is 43.5 Å². The van der Waals surface area contributed by atoms with Crippen LogP contribution in [0, 0.1) is 5.82 Å². The van der Waals surface area contributed by atoms with Gasteiger partial charge in [0.2, 0.25) is 5.95 Å². The molecule has 2 fully saturated rings. The molecule has 190 valence electrons. The molecule has 0 aliphatic carbocycles. The highest BCUT2D eigenvalue weighted by molar-refractivity contribution is 5.89. The number of hydrogen-bond acceptors (Lipinski definition) is 8. The lowest BCUT2D eigenvalue weighted by Gasteiger charge is -2.45. The van der Waals surface area contributed by atoms with Crippen molar-refractivity contribution in [3.63, 3.8) is 0 Å². The Labute approximate surface area is 205 Å². The topological polar surface area (TPSA) is 94.1 Å². The molecular formula is C25H35FN6O3. The quantitative estimate of drug-likeness (QED) is 0.617. The van der Waals surface area contributed by atoms with Crippen LogP contribution in [0.25, 0.3) is 0 Å². The van der Waals surface area contributed by atoms with Gasteiger partial charge in [-0.2, -0.15) is 4.98 Å². The predicted octanol–water partition coefficient (Wildman–Crippen LogP) is 3.02. The molecule has 10 heteroatoms. The Morgan fingerprint density at radius 1 is 1.29 bits per heavy atom. The Hall–Kier alpha value is -2.82. The van der Waals surface area contributed by atoms with Crippen LogP contribution in [-0.2, 0) is 11.3 Å². The van der Waals surface area contributed by atoms with Gasteiger partial charge in [-0.25, -0.2) is 14.2 Å². The van der Waals surface area contributed by atoms with Crippen LogP contribution < -0.4 is 10.2 Å². The van der Waals surface area contributed by atoms with E-state index in [0.29, 0.717) is 23.9 Å².